The van der Waals surface area contributed by atoms with Gasteiger partial charge in [-0.3, -0.25) is 5.01 Å². The van der Waals surface area contributed by atoms with E-state index in [1.807, 2.05) is 54.6 Å². The van der Waals surface area contributed by atoms with Crippen molar-refractivity contribution in [1.29, 1.82) is 0 Å². The van der Waals surface area contributed by atoms with E-state index < -0.39 is 0 Å². The molecule has 0 spiro atoms. The molecule has 0 amide bonds. The van der Waals surface area contributed by atoms with Gasteiger partial charge in [0.15, 0.2) is 0 Å². The maximum atomic E-state index is 6.07. The van der Waals surface area contributed by atoms with Gasteiger partial charge in [-0.2, -0.15) is 5.10 Å². The van der Waals surface area contributed by atoms with Gasteiger partial charge < -0.3 is 0 Å². The molecule has 27 heavy (non-hydrogen) atoms. The molecular formula is C23H18Cl2N2. The molecule has 4 rings (SSSR count). The van der Waals surface area contributed by atoms with Gasteiger partial charge in [0.25, 0.3) is 0 Å². The van der Waals surface area contributed by atoms with Crippen LogP contribution >= 0.6 is 23.2 Å². The van der Waals surface area contributed by atoms with E-state index in [-0.39, 0.29) is 6.04 Å². The van der Waals surface area contributed by atoms with Gasteiger partial charge in [0.2, 0.25) is 0 Å². The summed E-state index contributed by atoms with van der Waals surface area (Å²) in [6, 6.07) is 26.2. The van der Waals surface area contributed by atoms with Gasteiger partial charge in [-0.25, -0.2) is 0 Å². The molecule has 0 radical (unpaired) electrons. The zero-order chi connectivity index (χ0) is 18.6. The van der Waals surface area contributed by atoms with Crippen molar-refractivity contribution >= 4 is 40.7 Å². The van der Waals surface area contributed by atoms with Crippen molar-refractivity contribution in [2.75, 3.05) is 5.01 Å². The first kappa shape index (κ1) is 17.8. The minimum Gasteiger partial charge on any atom is -0.257 e. The SMILES string of the molecule is Clc1ccc(/C=C\C2=NN(c3ccccc3)[C@@H](c3ccc(Cl)cc3)C2)cc1. The summed E-state index contributed by atoms with van der Waals surface area (Å²) in [5, 5.41) is 8.45. The normalized spacial score (nSPS) is 16.7. The summed E-state index contributed by atoms with van der Waals surface area (Å²) in [6.07, 6.45) is 4.98. The van der Waals surface area contributed by atoms with Crippen LogP contribution in [0.3, 0.4) is 0 Å². The van der Waals surface area contributed by atoms with Crippen LogP contribution in [0.4, 0.5) is 5.69 Å². The molecule has 1 atom stereocenters. The van der Waals surface area contributed by atoms with E-state index in [1.165, 1.54) is 5.56 Å². The zero-order valence-corrected chi connectivity index (χ0v) is 16.1. The van der Waals surface area contributed by atoms with Crippen molar-refractivity contribution in [2.24, 2.45) is 5.10 Å². The minimum absolute atomic E-state index is 0.148. The molecule has 1 aliphatic heterocycles. The maximum Gasteiger partial charge on any atom is 0.0831 e. The second kappa shape index (κ2) is 7.99. The molecule has 0 fully saturated rings. The van der Waals surface area contributed by atoms with Crippen LogP contribution in [-0.2, 0) is 0 Å². The number of hydrazone groups is 1. The number of halogens is 2. The van der Waals surface area contributed by atoms with Crippen molar-refractivity contribution in [2.45, 2.75) is 12.5 Å². The third kappa shape index (κ3) is 4.24. The fourth-order valence-corrected chi connectivity index (χ4v) is 3.42. The largest absolute Gasteiger partial charge is 0.257 e. The molecule has 0 saturated heterocycles. The summed E-state index contributed by atoms with van der Waals surface area (Å²) in [5.41, 5.74) is 4.41. The van der Waals surface area contributed by atoms with Crippen LogP contribution < -0.4 is 5.01 Å². The van der Waals surface area contributed by atoms with E-state index in [0.29, 0.717) is 0 Å². The molecule has 0 aromatic heterocycles. The number of rotatable bonds is 4. The summed E-state index contributed by atoms with van der Waals surface area (Å²) in [5.74, 6) is 0. The molecule has 0 unspecified atom stereocenters. The average molecular weight is 393 g/mol. The quantitative estimate of drug-likeness (QED) is 0.465. The lowest BCUT2D eigenvalue weighted by molar-refractivity contribution is 0.709. The maximum absolute atomic E-state index is 6.07. The van der Waals surface area contributed by atoms with E-state index in [2.05, 4.69) is 41.4 Å². The fraction of sp³-hybridized carbons (Fsp3) is 0.0870. The number of para-hydroxylation sites is 1. The second-order valence-corrected chi connectivity index (χ2v) is 7.30. The second-order valence-electron chi connectivity index (χ2n) is 6.43. The van der Waals surface area contributed by atoms with Gasteiger partial charge in [-0.1, -0.05) is 71.7 Å². The Balaban J connectivity index is 1.63. The Bertz CT molecular complexity index is 962. The highest BCUT2D eigenvalue weighted by atomic mass is 35.5. The molecule has 0 bridgehead atoms. The third-order valence-corrected chi connectivity index (χ3v) is 5.05. The first-order valence-corrected chi connectivity index (χ1v) is 9.55. The number of allylic oxidation sites excluding steroid dienone is 1. The Morgan fingerprint density at radius 3 is 2.07 bits per heavy atom. The molecule has 3 aromatic carbocycles. The van der Waals surface area contributed by atoms with Gasteiger partial charge >= 0.3 is 0 Å². The van der Waals surface area contributed by atoms with E-state index in [4.69, 9.17) is 28.3 Å². The lowest BCUT2D eigenvalue weighted by Crippen LogP contribution is -2.18. The molecule has 0 aliphatic carbocycles. The lowest BCUT2D eigenvalue weighted by atomic mass is 10.0. The summed E-state index contributed by atoms with van der Waals surface area (Å²) >= 11 is 12.0. The summed E-state index contributed by atoms with van der Waals surface area (Å²) in [6.45, 7) is 0. The van der Waals surface area contributed by atoms with Crippen LogP contribution in [0.15, 0.2) is 90.0 Å². The molecule has 2 nitrogen and oxygen atoms in total. The Labute approximate surface area is 169 Å². The van der Waals surface area contributed by atoms with Crippen LogP contribution in [0.5, 0.6) is 0 Å². The van der Waals surface area contributed by atoms with Gasteiger partial charge in [-0.05, 0) is 53.6 Å². The van der Waals surface area contributed by atoms with Gasteiger partial charge in [-0.15, -0.1) is 0 Å². The molecular weight excluding hydrogens is 375 g/mol. The van der Waals surface area contributed by atoms with Gasteiger partial charge in [0.1, 0.15) is 0 Å². The molecule has 1 aliphatic rings. The first-order valence-electron chi connectivity index (χ1n) is 8.80. The molecule has 3 aromatic rings. The van der Waals surface area contributed by atoms with Crippen LogP contribution in [0.1, 0.15) is 23.6 Å². The number of nitrogens with zero attached hydrogens (tertiary/aromatic N) is 2. The number of benzene rings is 3. The number of hydrogen-bond donors (Lipinski definition) is 0. The molecule has 0 N–H and O–H groups in total. The predicted octanol–water partition coefficient (Wildman–Crippen LogP) is 7.01. The standard InChI is InChI=1S/C23H18Cl2N2/c24-19-11-6-17(7-12-19)8-15-21-16-23(18-9-13-20(25)14-10-18)27(26-21)22-4-2-1-3-5-22/h1-15,23H,16H2/b15-8-/t23-/m1/s1. The number of hydrogen-bond acceptors (Lipinski definition) is 2. The van der Waals surface area contributed by atoms with E-state index in [9.17, 15) is 0 Å². The molecule has 134 valence electrons. The van der Waals surface area contributed by atoms with E-state index in [0.717, 1.165) is 33.4 Å². The van der Waals surface area contributed by atoms with Crippen molar-refractivity contribution in [3.05, 3.63) is 106 Å². The van der Waals surface area contributed by atoms with Crippen molar-refractivity contribution in [1.82, 2.24) is 0 Å². The van der Waals surface area contributed by atoms with E-state index >= 15 is 0 Å². The average Bonchev–Trinajstić information content (AvgIpc) is 3.13. The smallest absolute Gasteiger partial charge is 0.0831 e. The van der Waals surface area contributed by atoms with Crippen LogP contribution in [-0.4, -0.2) is 5.71 Å². The molecule has 1 heterocycles. The van der Waals surface area contributed by atoms with Crippen LogP contribution in [0.2, 0.25) is 10.0 Å². The highest BCUT2D eigenvalue weighted by molar-refractivity contribution is 6.30. The Hall–Kier alpha value is -2.55. The van der Waals surface area contributed by atoms with Gasteiger partial charge in [0, 0.05) is 16.5 Å². The Morgan fingerprint density at radius 1 is 0.778 bits per heavy atom. The van der Waals surface area contributed by atoms with Crippen molar-refractivity contribution in [3.8, 4) is 0 Å². The Kier molecular flexibility index (Phi) is 5.28. The number of anilines is 1. The van der Waals surface area contributed by atoms with Crippen LogP contribution in [0, 0.1) is 0 Å². The molecule has 0 saturated carbocycles. The Morgan fingerprint density at radius 2 is 1.41 bits per heavy atom. The zero-order valence-electron chi connectivity index (χ0n) is 14.6. The summed E-state index contributed by atoms with van der Waals surface area (Å²) in [4.78, 5) is 0. The first-order chi connectivity index (χ1) is 13.2. The topological polar surface area (TPSA) is 15.6 Å². The predicted molar refractivity (Wildman–Crippen MR) is 116 cm³/mol. The highest BCUT2D eigenvalue weighted by Crippen LogP contribution is 2.35. The lowest BCUT2D eigenvalue weighted by Gasteiger charge is -2.24. The monoisotopic (exact) mass is 392 g/mol. The van der Waals surface area contributed by atoms with Crippen molar-refractivity contribution in [3.63, 3.8) is 0 Å². The third-order valence-electron chi connectivity index (χ3n) is 4.55. The van der Waals surface area contributed by atoms with Gasteiger partial charge in [0.05, 0.1) is 17.4 Å². The molecule has 4 heteroatoms. The summed E-state index contributed by atoms with van der Waals surface area (Å²) in [7, 11) is 0. The van der Waals surface area contributed by atoms with Crippen LogP contribution in [0.25, 0.3) is 6.08 Å². The minimum atomic E-state index is 0.148. The van der Waals surface area contributed by atoms with Crippen molar-refractivity contribution < 1.29 is 0 Å². The highest BCUT2D eigenvalue weighted by Gasteiger charge is 2.28. The summed E-state index contributed by atoms with van der Waals surface area (Å²) < 4.78 is 0. The van der Waals surface area contributed by atoms with E-state index in [1.54, 1.807) is 0 Å². The fourth-order valence-electron chi connectivity index (χ4n) is 3.16.